The van der Waals surface area contributed by atoms with Gasteiger partial charge in [-0.05, 0) is 38.0 Å². The lowest BCUT2D eigenvalue weighted by Gasteiger charge is -2.30. The largest absolute Gasteiger partial charge is 0.369 e. The number of rotatable bonds is 2. The molecule has 0 N–H and O–H groups in total. The molecule has 2 nitrogen and oxygen atoms in total. The minimum atomic E-state index is -0.250. The number of carbonyl (C=O) groups is 1. The molecular formula is C14H16FNO. The van der Waals surface area contributed by atoms with Crippen LogP contribution in [0.2, 0.25) is 0 Å². The van der Waals surface area contributed by atoms with E-state index in [2.05, 4.69) is 6.08 Å². The third-order valence-electron chi connectivity index (χ3n) is 3.26. The van der Waals surface area contributed by atoms with Crippen LogP contribution in [0.25, 0.3) is 0 Å². The summed E-state index contributed by atoms with van der Waals surface area (Å²) in [6.07, 6.45) is 4.84. The normalized spacial score (nSPS) is 15.9. The topological polar surface area (TPSA) is 20.3 Å². The molecule has 1 aliphatic rings. The lowest BCUT2D eigenvalue weighted by atomic mass is 10.0. The monoisotopic (exact) mass is 233 g/mol. The second-order valence-electron chi connectivity index (χ2n) is 4.26. The van der Waals surface area contributed by atoms with Gasteiger partial charge >= 0.3 is 0 Å². The van der Waals surface area contributed by atoms with Gasteiger partial charge in [-0.2, -0.15) is 0 Å². The minimum absolute atomic E-state index is 0.250. The fourth-order valence-electron chi connectivity index (χ4n) is 2.17. The van der Waals surface area contributed by atoms with E-state index in [9.17, 15) is 9.18 Å². The van der Waals surface area contributed by atoms with Gasteiger partial charge < -0.3 is 4.90 Å². The van der Waals surface area contributed by atoms with Crippen LogP contribution in [0.4, 0.5) is 10.1 Å². The third-order valence-corrected chi connectivity index (χ3v) is 3.26. The first kappa shape index (κ1) is 11.8. The van der Waals surface area contributed by atoms with Crippen molar-refractivity contribution in [3.05, 3.63) is 41.2 Å². The maximum absolute atomic E-state index is 13.7. The van der Waals surface area contributed by atoms with Crippen LogP contribution in [0.3, 0.4) is 0 Å². The first-order valence-corrected chi connectivity index (χ1v) is 5.88. The molecule has 0 spiro atoms. The van der Waals surface area contributed by atoms with E-state index in [0.29, 0.717) is 11.3 Å². The van der Waals surface area contributed by atoms with Crippen molar-refractivity contribution in [1.82, 2.24) is 0 Å². The Labute approximate surface area is 101 Å². The SMILES string of the molecule is CC=C1CCN(c2cc(C=O)ccc2F)CC1. The summed E-state index contributed by atoms with van der Waals surface area (Å²) in [5.41, 5.74) is 2.50. The van der Waals surface area contributed by atoms with Gasteiger partial charge in [0.2, 0.25) is 0 Å². The predicted octanol–water partition coefficient (Wildman–Crippen LogP) is 3.18. The molecule has 3 heteroatoms. The van der Waals surface area contributed by atoms with Crippen molar-refractivity contribution in [2.24, 2.45) is 0 Å². The van der Waals surface area contributed by atoms with Crippen molar-refractivity contribution >= 4 is 12.0 Å². The Morgan fingerprint density at radius 2 is 2.00 bits per heavy atom. The highest BCUT2D eigenvalue weighted by Gasteiger charge is 2.17. The molecule has 1 aromatic carbocycles. The summed E-state index contributed by atoms with van der Waals surface area (Å²) in [5, 5.41) is 0. The van der Waals surface area contributed by atoms with E-state index in [1.54, 1.807) is 6.07 Å². The number of carbonyl (C=O) groups excluding carboxylic acids is 1. The van der Waals surface area contributed by atoms with Gasteiger partial charge in [0, 0.05) is 18.7 Å². The van der Waals surface area contributed by atoms with Gasteiger partial charge in [-0.25, -0.2) is 4.39 Å². The van der Waals surface area contributed by atoms with Gasteiger partial charge in [0.1, 0.15) is 12.1 Å². The van der Waals surface area contributed by atoms with Gasteiger partial charge in [-0.1, -0.05) is 11.6 Å². The Bertz CT molecular complexity index is 444. The molecule has 0 aromatic heterocycles. The highest BCUT2D eigenvalue weighted by atomic mass is 19.1. The van der Waals surface area contributed by atoms with E-state index in [1.807, 2.05) is 11.8 Å². The fraction of sp³-hybridized carbons (Fsp3) is 0.357. The number of nitrogens with zero attached hydrogens (tertiary/aromatic N) is 1. The Hall–Kier alpha value is -1.64. The third kappa shape index (κ3) is 2.54. The molecule has 0 atom stereocenters. The molecule has 0 bridgehead atoms. The molecule has 90 valence electrons. The smallest absolute Gasteiger partial charge is 0.150 e. The molecular weight excluding hydrogens is 217 g/mol. The van der Waals surface area contributed by atoms with Crippen molar-refractivity contribution in [2.75, 3.05) is 18.0 Å². The first-order valence-electron chi connectivity index (χ1n) is 5.88. The summed E-state index contributed by atoms with van der Waals surface area (Å²) in [6, 6.07) is 4.50. The zero-order valence-corrected chi connectivity index (χ0v) is 9.95. The number of hydrogen-bond acceptors (Lipinski definition) is 2. The van der Waals surface area contributed by atoms with E-state index < -0.39 is 0 Å². The van der Waals surface area contributed by atoms with E-state index >= 15 is 0 Å². The van der Waals surface area contributed by atoms with Crippen molar-refractivity contribution in [3.8, 4) is 0 Å². The van der Waals surface area contributed by atoms with Gasteiger partial charge in [0.25, 0.3) is 0 Å². The van der Waals surface area contributed by atoms with E-state index in [1.165, 1.54) is 17.7 Å². The average Bonchev–Trinajstić information content (AvgIpc) is 2.39. The Kier molecular flexibility index (Phi) is 3.57. The number of piperidine rings is 1. The highest BCUT2D eigenvalue weighted by Crippen LogP contribution is 2.25. The summed E-state index contributed by atoms with van der Waals surface area (Å²) in [6.45, 7) is 3.68. The quantitative estimate of drug-likeness (QED) is 0.577. The van der Waals surface area contributed by atoms with Crippen LogP contribution >= 0.6 is 0 Å². The average molecular weight is 233 g/mol. The number of allylic oxidation sites excluding steroid dienone is 1. The second kappa shape index (κ2) is 5.13. The Morgan fingerprint density at radius 1 is 1.29 bits per heavy atom. The maximum atomic E-state index is 13.7. The maximum Gasteiger partial charge on any atom is 0.150 e. The van der Waals surface area contributed by atoms with Gasteiger partial charge in [0.05, 0.1) is 5.69 Å². The summed E-state index contributed by atoms with van der Waals surface area (Å²) < 4.78 is 13.7. The molecule has 0 radical (unpaired) electrons. The molecule has 0 aliphatic carbocycles. The molecule has 0 unspecified atom stereocenters. The molecule has 17 heavy (non-hydrogen) atoms. The van der Waals surface area contributed by atoms with Crippen LogP contribution in [0, 0.1) is 5.82 Å². The van der Waals surface area contributed by atoms with E-state index in [-0.39, 0.29) is 5.82 Å². The molecule has 1 aliphatic heterocycles. The highest BCUT2D eigenvalue weighted by molar-refractivity contribution is 5.77. The van der Waals surface area contributed by atoms with E-state index in [4.69, 9.17) is 0 Å². The number of aldehydes is 1. The zero-order valence-electron chi connectivity index (χ0n) is 9.95. The van der Waals surface area contributed by atoms with Crippen molar-refractivity contribution in [2.45, 2.75) is 19.8 Å². The molecule has 1 heterocycles. The summed E-state index contributed by atoms with van der Waals surface area (Å²) in [4.78, 5) is 12.7. The van der Waals surface area contributed by atoms with Crippen molar-refractivity contribution < 1.29 is 9.18 Å². The first-order chi connectivity index (χ1) is 8.24. The Balaban J connectivity index is 2.20. The number of benzene rings is 1. The van der Waals surface area contributed by atoms with Gasteiger partial charge in [0.15, 0.2) is 0 Å². The van der Waals surface area contributed by atoms with Crippen LogP contribution in [0.15, 0.2) is 29.8 Å². The number of halogens is 1. The molecule has 1 saturated heterocycles. The predicted molar refractivity (Wildman–Crippen MR) is 67.0 cm³/mol. The van der Waals surface area contributed by atoms with Crippen molar-refractivity contribution in [1.29, 1.82) is 0 Å². The van der Waals surface area contributed by atoms with Crippen LogP contribution < -0.4 is 4.90 Å². The molecule has 1 aromatic rings. The van der Waals surface area contributed by atoms with Gasteiger partial charge in [-0.15, -0.1) is 0 Å². The number of anilines is 1. The fourth-order valence-corrected chi connectivity index (χ4v) is 2.17. The van der Waals surface area contributed by atoms with Crippen LogP contribution in [-0.4, -0.2) is 19.4 Å². The molecule has 1 fully saturated rings. The lowest BCUT2D eigenvalue weighted by molar-refractivity contribution is 0.112. The second-order valence-corrected chi connectivity index (χ2v) is 4.26. The Morgan fingerprint density at radius 3 is 2.59 bits per heavy atom. The summed E-state index contributed by atoms with van der Waals surface area (Å²) in [7, 11) is 0. The minimum Gasteiger partial charge on any atom is -0.369 e. The van der Waals surface area contributed by atoms with Crippen LogP contribution in [0.5, 0.6) is 0 Å². The lowest BCUT2D eigenvalue weighted by Crippen LogP contribution is -2.31. The van der Waals surface area contributed by atoms with Gasteiger partial charge in [-0.3, -0.25) is 4.79 Å². The zero-order chi connectivity index (χ0) is 12.3. The summed E-state index contributed by atoms with van der Waals surface area (Å²) >= 11 is 0. The van der Waals surface area contributed by atoms with Crippen molar-refractivity contribution in [3.63, 3.8) is 0 Å². The number of hydrogen-bond donors (Lipinski definition) is 0. The standard InChI is InChI=1S/C14H16FNO/c1-2-11-5-7-16(8-6-11)14-9-12(10-17)3-4-13(14)15/h2-4,9-10H,5-8H2,1H3. The molecule has 2 rings (SSSR count). The summed E-state index contributed by atoms with van der Waals surface area (Å²) in [5.74, 6) is -0.250. The van der Waals surface area contributed by atoms with Crippen LogP contribution in [-0.2, 0) is 0 Å². The van der Waals surface area contributed by atoms with E-state index in [0.717, 1.165) is 32.2 Å². The molecule has 0 amide bonds. The van der Waals surface area contributed by atoms with Crippen LogP contribution in [0.1, 0.15) is 30.1 Å². The molecule has 0 saturated carbocycles.